The number of alkyl halides is 2. The number of anilines is 1. The maximum atomic E-state index is 13.4. The fourth-order valence-electron chi connectivity index (χ4n) is 7.29. The fourth-order valence-corrected chi connectivity index (χ4v) is 7.70. The second-order valence-corrected chi connectivity index (χ2v) is 14.7. The number of hydrogen-bond donors (Lipinski definition) is 2. The highest BCUT2D eigenvalue weighted by Gasteiger charge is 2.28. The van der Waals surface area contributed by atoms with Crippen LogP contribution < -0.4 is 4.90 Å². The minimum atomic E-state index is -0.247. The van der Waals surface area contributed by atoms with Gasteiger partial charge in [0, 0.05) is 102 Å². The van der Waals surface area contributed by atoms with E-state index in [1.165, 1.54) is 11.6 Å². The number of benzene rings is 3. The first kappa shape index (κ1) is 36.8. The summed E-state index contributed by atoms with van der Waals surface area (Å²) in [4.78, 5) is 39.7. The third-order valence-electron chi connectivity index (χ3n) is 10.2. The number of rotatable bonds is 13. The molecule has 0 saturated carbocycles. The number of fused-ring (bicyclic) bond motifs is 2. The molecule has 1 fully saturated rings. The van der Waals surface area contributed by atoms with Crippen molar-refractivity contribution in [3.63, 3.8) is 0 Å². The molecule has 0 unspecified atom stereocenters. The molecule has 3 aromatic carbocycles. The van der Waals surface area contributed by atoms with Crippen molar-refractivity contribution in [2.24, 2.45) is 7.05 Å². The summed E-state index contributed by atoms with van der Waals surface area (Å²) in [6.07, 6.45) is 1.97. The van der Waals surface area contributed by atoms with E-state index in [1.54, 1.807) is 11.0 Å². The van der Waals surface area contributed by atoms with Crippen molar-refractivity contribution in [1.82, 2.24) is 24.3 Å². The molecule has 3 heterocycles. The topological polar surface area (TPSA) is 105 Å². The number of carbonyl (C=O) groups excluding carboxylic acids is 2. The van der Waals surface area contributed by atoms with Crippen LogP contribution in [0.5, 0.6) is 11.5 Å². The molecule has 2 N–H and O–H groups in total. The van der Waals surface area contributed by atoms with Gasteiger partial charge in [-0.05, 0) is 58.9 Å². The zero-order valence-electron chi connectivity index (χ0n) is 29.7. The molecule has 51 heavy (non-hydrogen) atoms. The lowest BCUT2D eigenvalue weighted by Gasteiger charge is -2.35. The molecule has 2 amide bonds. The number of phenols is 2. The summed E-state index contributed by atoms with van der Waals surface area (Å²) in [6.45, 7) is 10.1. The number of nitrogens with zero attached hydrogens (tertiary/aromatic N) is 6. The van der Waals surface area contributed by atoms with Gasteiger partial charge in [0.1, 0.15) is 17.3 Å². The van der Waals surface area contributed by atoms with Gasteiger partial charge in [0.05, 0.1) is 16.6 Å². The Kier molecular flexibility index (Phi) is 11.6. The first-order valence-corrected chi connectivity index (χ1v) is 18.9. The van der Waals surface area contributed by atoms with Crippen LogP contribution in [-0.2, 0) is 37.9 Å². The van der Waals surface area contributed by atoms with Gasteiger partial charge in [-0.3, -0.25) is 14.5 Å². The monoisotopic (exact) mass is 734 g/mol. The van der Waals surface area contributed by atoms with Gasteiger partial charge in [0.25, 0.3) is 5.91 Å². The predicted octanol–water partition coefficient (Wildman–Crippen LogP) is 6.22. The average molecular weight is 736 g/mol. The van der Waals surface area contributed by atoms with Crippen molar-refractivity contribution in [2.75, 3.05) is 55.9 Å². The molecule has 12 heteroatoms. The molecule has 4 aromatic rings. The summed E-state index contributed by atoms with van der Waals surface area (Å²) in [7, 11) is 2.03. The number of imidazole rings is 1. The van der Waals surface area contributed by atoms with Crippen LogP contribution in [-0.4, -0.2) is 97.3 Å². The van der Waals surface area contributed by atoms with E-state index >= 15 is 0 Å². The summed E-state index contributed by atoms with van der Waals surface area (Å²) in [5.41, 5.74) is 7.30. The van der Waals surface area contributed by atoms with Crippen molar-refractivity contribution in [2.45, 2.75) is 58.7 Å². The Balaban J connectivity index is 0.973. The summed E-state index contributed by atoms with van der Waals surface area (Å²) >= 11 is 12.0. The van der Waals surface area contributed by atoms with Gasteiger partial charge in [-0.2, -0.15) is 0 Å². The van der Waals surface area contributed by atoms with Crippen LogP contribution in [0.4, 0.5) is 5.69 Å². The lowest BCUT2D eigenvalue weighted by Crippen LogP contribution is -2.48. The Morgan fingerprint density at radius 3 is 2.31 bits per heavy atom. The van der Waals surface area contributed by atoms with Gasteiger partial charge in [0.2, 0.25) is 5.91 Å². The van der Waals surface area contributed by atoms with Crippen LogP contribution in [0, 0.1) is 0 Å². The van der Waals surface area contributed by atoms with Gasteiger partial charge in [-0.1, -0.05) is 32.0 Å². The van der Waals surface area contributed by atoms with Gasteiger partial charge < -0.3 is 29.5 Å². The van der Waals surface area contributed by atoms with Crippen LogP contribution in [0.15, 0.2) is 48.5 Å². The van der Waals surface area contributed by atoms with Gasteiger partial charge in [-0.15, -0.1) is 23.2 Å². The molecule has 0 bridgehead atoms. The number of aromatic nitrogens is 2. The minimum absolute atomic E-state index is 0.00244. The highest BCUT2D eigenvalue weighted by Crippen LogP contribution is 2.35. The molecule has 0 spiro atoms. The van der Waals surface area contributed by atoms with Crippen molar-refractivity contribution < 1.29 is 19.8 Å². The zero-order chi connectivity index (χ0) is 36.2. The van der Waals surface area contributed by atoms with Crippen LogP contribution >= 0.6 is 23.2 Å². The largest absolute Gasteiger partial charge is 0.508 e. The fraction of sp³-hybridized carbons (Fsp3) is 0.462. The van der Waals surface area contributed by atoms with Crippen molar-refractivity contribution in [1.29, 1.82) is 0 Å². The summed E-state index contributed by atoms with van der Waals surface area (Å²) < 4.78 is 2.12. The lowest BCUT2D eigenvalue weighted by molar-refractivity contribution is -0.133. The quantitative estimate of drug-likeness (QED) is 0.157. The highest BCUT2D eigenvalue weighted by molar-refractivity contribution is 6.18. The molecular formula is C39H48Cl2N6O4. The minimum Gasteiger partial charge on any atom is -0.508 e. The molecule has 2 aliphatic rings. The number of aryl methyl sites for hydroxylation is 2. The standard InChI is InChI=1S/C39H48Cl2N6O4/c1-26(2)31-21-32(36(49)22-35(31)48)39(51)47-24-28-8-7-27(19-29(28)25-47)23-44-15-17-46(18-16-44)38(50)6-4-5-37-42-33-20-30(9-10-34(33)43(37)3)45(13-11-40)14-12-41/h7-10,19-22,26,48-49H,4-6,11-18,23-25H2,1-3H3. The Morgan fingerprint density at radius 2 is 1.61 bits per heavy atom. The molecule has 0 aliphatic carbocycles. The Morgan fingerprint density at radius 1 is 0.882 bits per heavy atom. The first-order valence-electron chi connectivity index (χ1n) is 17.8. The second-order valence-electron chi connectivity index (χ2n) is 14.0. The Bertz CT molecular complexity index is 1880. The van der Waals surface area contributed by atoms with Crippen molar-refractivity contribution in [3.05, 3.63) is 82.2 Å². The third-order valence-corrected chi connectivity index (χ3v) is 10.6. The number of phenolic OH excluding ortho intramolecular Hbond substituents is 2. The Labute approximate surface area is 310 Å². The normalized spacial score (nSPS) is 14.9. The molecule has 6 rings (SSSR count). The molecule has 1 aromatic heterocycles. The van der Waals surface area contributed by atoms with E-state index in [0.29, 0.717) is 49.9 Å². The van der Waals surface area contributed by atoms with E-state index in [0.717, 1.165) is 79.2 Å². The van der Waals surface area contributed by atoms with Gasteiger partial charge in [0.15, 0.2) is 0 Å². The number of hydrogen-bond acceptors (Lipinski definition) is 7. The number of halogens is 2. The van der Waals surface area contributed by atoms with Crippen LogP contribution in [0.2, 0.25) is 0 Å². The molecular weight excluding hydrogens is 687 g/mol. The molecule has 2 aliphatic heterocycles. The van der Waals surface area contributed by atoms with Crippen molar-refractivity contribution >= 4 is 51.7 Å². The zero-order valence-corrected chi connectivity index (χ0v) is 31.3. The molecule has 1 saturated heterocycles. The smallest absolute Gasteiger partial charge is 0.258 e. The number of aromatic hydroxyl groups is 2. The molecule has 0 radical (unpaired) electrons. The lowest BCUT2D eigenvalue weighted by atomic mass is 9.98. The second kappa shape index (κ2) is 16.1. The Hall–Kier alpha value is -3.99. The van der Waals surface area contributed by atoms with E-state index in [2.05, 4.69) is 50.8 Å². The van der Waals surface area contributed by atoms with Crippen molar-refractivity contribution in [3.8, 4) is 11.5 Å². The van der Waals surface area contributed by atoms with E-state index in [-0.39, 0.29) is 34.8 Å². The average Bonchev–Trinajstić information content (AvgIpc) is 3.68. The molecule has 10 nitrogen and oxygen atoms in total. The number of piperazine rings is 1. The SMILES string of the molecule is CC(C)c1cc(C(=O)N2Cc3ccc(CN4CCN(C(=O)CCCc5nc6cc(N(CCCl)CCCl)ccc6n5C)CC4)cc3C2)c(O)cc1O. The summed E-state index contributed by atoms with van der Waals surface area (Å²) in [5.74, 6) is 1.78. The first-order chi connectivity index (χ1) is 24.6. The molecule has 0 atom stereocenters. The summed E-state index contributed by atoms with van der Waals surface area (Å²) in [6, 6.07) is 15.5. The van der Waals surface area contributed by atoms with Crippen LogP contribution in [0.3, 0.4) is 0 Å². The van der Waals surface area contributed by atoms with E-state index in [9.17, 15) is 19.8 Å². The van der Waals surface area contributed by atoms with Gasteiger partial charge >= 0.3 is 0 Å². The maximum Gasteiger partial charge on any atom is 0.258 e. The van der Waals surface area contributed by atoms with E-state index < -0.39 is 0 Å². The van der Waals surface area contributed by atoms with E-state index in [4.69, 9.17) is 28.2 Å². The van der Waals surface area contributed by atoms with E-state index in [1.807, 2.05) is 25.8 Å². The highest BCUT2D eigenvalue weighted by atomic mass is 35.5. The van der Waals surface area contributed by atoms with Crippen LogP contribution in [0.25, 0.3) is 11.0 Å². The predicted molar refractivity (Wildman–Crippen MR) is 203 cm³/mol. The van der Waals surface area contributed by atoms with Gasteiger partial charge in [-0.25, -0.2) is 4.98 Å². The van der Waals surface area contributed by atoms with Crippen LogP contribution in [0.1, 0.15) is 71.0 Å². The molecule has 272 valence electrons. The number of amides is 2. The third kappa shape index (κ3) is 8.24. The maximum absolute atomic E-state index is 13.4. The number of carbonyl (C=O) groups is 2. The summed E-state index contributed by atoms with van der Waals surface area (Å²) in [5, 5.41) is 20.7.